The molecular weight excluding hydrogens is 1730 g/mol. The topological polar surface area (TPSA) is 222 Å². The number of carbonyl (C=O) groups is 6. The standard InChI is InChI=1S/C46H24F46O19/c1-13(47)19(93)99-7-25(53,54)33(65,66)105-39(77,78)31(40(79,80)106-34(67,68)26(55,56)8-100-20(94)14(2)48,41(81,82)107-35(69,70)27(57,58)9-101-21(95)15(3)49)45(89,90)111-46(91,92)32(42(83,84)108-36(71,72)28(59,60)10-102-22(96)16(4)50,43(85,86)109-37(73,74)29(61,62)11-103-23(97)17(5)51)44(87,88)110-38(75,76)30(63,64)12-104-24(98)18(6)52/h1-12H2. The summed E-state index contributed by atoms with van der Waals surface area (Å²) in [5.74, 6) is -89.0. The van der Waals surface area contributed by atoms with Crippen molar-refractivity contribution < 1.29 is 292 Å². The van der Waals surface area contributed by atoms with Gasteiger partial charge in [0.2, 0.25) is 35.0 Å². The van der Waals surface area contributed by atoms with Crippen molar-refractivity contribution in [1.29, 1.82) is 0 Å². The van der Waals surface area contributed by atoms with E-state index in [9.17, 15) is 108 Å². The lowest BCUT2D eigenvalue weighted by Gasteiger charge is -2.54. The predicted molar refractivity (Wildman–Crippen MR) is 239 cm³/mol. The molecule has 0 fully saturated rings. The molecule has 0 saturated heterocycles. The Morgan fingerprint density at radius 2 is 0.252 bits per heavy atom. The first-order valence-corrected chi connectivity index (χ1v) is 25.0. The van der Waals surface area contributed by atoms with E-state index in [4.69, 9.17) is 0 Å². The van der Waals surface area contributed by atoms with Crippen molar-refractivity contribution in [3.05, 3.63) is 74.4 Å². The minimum atomic E-state index is -11.9. The molecule has 0 heterocycles. The van der Waals surface area contributed by atoms with Crippen LogP contribution in [0.2, 0.25) is 0 Å². The van der Waals surface area contributed by atoms with Crippen LogP contribution in [-0.4, -0.2) is 197 Å². The number of esters is 6. The Morgan fingerprint density at radius 1 is 0.171 bits per heavy atom. The van der Waals surface area contributed by atoms with Crippen LogP contribution >= 0.6 is 0 Å². The Balaban J connectivity index is 11.7. The van der Waals surface area contributed by atoms with Gasteiger partial charge < -0.3 is 28.4 Å². The molecule has 644 valence electrons. The first kappa shape index (κ1) is 103. The van der Waals surface area contributed by atoms with Gasteiger partial charge in [0.25, 0.3) is 0 Å². The van der Waals surface area contributed by atoms with Crippen LogP contribution in [0.15, 0.2) is 74.4 Å². The summed E-state index contributed by atoms with van der Waals surface area (Å²) in [7, 11) is 0. The van der Waals surface area contributed by atoms with Crippen LogP contribution < -0.4 is 0 Å². The van der Waals surface area contributed by atoms with Crippen LogP contribution in [0.4, 0.5) is 202 Å². The highest BCUT2D eigenvalue weighted by atomic mass is 19.4. The van der Waals surface area contributed by atoms with Crippen molar-refractivity contribution in [2.24, 2.45) is 10.8 Å². The second-order valence-corrected chi connectivity index (χ2v) is 19.6. The molecule has 0 bridgehead atoms. The smallest absolute Gasteiger partial charge is 0.427 e. The molecule has 0 aliphatic carbocycles. The van der Waals surface area contributed by atoms with E-state index in [1.807, 2.05) is 0 Å². The zero-order valence-electron chi connectivity index (χ0n) is 50.6. The number of hydrogen-bond donors (Lipinski definition) is 0. The van der Waals surface area contributed by atoms with Gasteiger partial charge >= 0.3 is 168 Å². The van der Waals surface area contributed by atoms with Crippen molar-refractivity contribution in [2.45, 2.75) is 121 Å². The van der Waals surface area contributed by atoms with Gasteiger partial charge in [0.15, 0.2) is 39.6 Å². The molecule has 0 aromatic heterocycles. The summed E-state index contributed by atoms with van der Waals surface area (Å²) in [6.07, 6.45) is -146. The lowest BCUT2D eigenvalue weighted by Crippen LogP contribution is -2.81. The van der Waals surface area contributed by atoms with Crippen molar-refractivity contribution in [3.63, 3.8) is 0 Å². The SMILES string of the molecule is C=C(F)C(=O)OCC(F)(F)C(F)(F)OC(F)(F)C(C(F)(F)OC(F)(F)C(F)(F)COC(=O)C(=C)F)(C(F)(F)OC(F)(F)C(F)(F)COC(=O)C(=C)F)C(F)(F)OC(F)(F)C(C(F)(F)OC(F)(F)C(F)(F)COC(=O)C(=C)F)(C(F)(F)OC(F)(F)C(F)(F)COC(=O)C(=C)F)C(F)(F)OC(F)(F)C(F)(F)COC(=O)C(=C)F. The Morgan fingerprint density at radius 3 is 0.333 bits per heavy atom. The lowest BCUT2D eigenvalue weighted by molar-refractivity contribution is -0.647. The van der Waals surface area contributed by atoms with Crippen LogP contribution in [0.3, 0.4) is 0 Å². The number of rotatable bonds is 46. The molecule has 65 heteroatoms. The second kappa shape index (κ2) is 32.3. The van der Waals surface area contributed by atoms with Crippen molar-refractivity contribution >= 4 is 35.8 Å². The summed E-state index contributed by atoms with van der Waals surface area (Å²) >= 11 is 0. The molecule has 0 aromatic rings. The summed E-state index contributed by atoms with van der Waals surface area (Å²) in [6.45, 7) is -17.2. The molecule has 0 atom stereocenters. The molecule has 0 unspecified atom stereocenters. The minimum Gasteiger partial charge on any atom is -0.454 e. The third kappa shape index (κ3) is 21.0. The average molecular weight is 1750 g/mol. The molecule has 0 rings (SSSR count). The van der Waals surface area contributed by atoms with Crippen LogP contribution in [0.25, 0.3) is 0 Å². The van der Waals surface area contributed by atoms with Crippen LogP contribution in [0.1, 0.15) is 0 Å². The summed E-state index contributed by atoms with van der Waals surface area (Å²) in [6, 6.07) is 0. The minimum absolute atomic E-state index is 0.562. The van der Waals surface area contributed by atoms with Gasteiger partial charge in [-0.2, -0.15) is 202 Å². The molecule has 0 N–H and O–H groups in total. The van der Waals surface area contributed by atoms with Gasteiger partial charge in [-0.25, -0.2) is 57.2 Å². The van der Waals surface area contributed by atoms with E-state index in [1.54, 1.807) is 39.5 Å². The maximum atomic E-state index is 17.4. The molecular formula is C46H24F46O19. The number of alkyl halides is 40. The number of ether oxygens (including phenoxy) is 13. The Hall–Kier alpha value is -8.24. The lowest BCUT2D eigenvalue weighted by atomic mass is 9.78. The van der Waals surface area contributed by atoms with E-state index >= 15 is 123 Å². The van der Waals surface area contributed by atoms with Gasteiger partial charge in [-0.1, -0.05) is 39.5 Å². The third-order valence-corrected chi connectivity index (χ3v) is 11.5. The van der Waals surface area contributed by atoms with E-state index < -0.39 is 242 Å². The molecule has 0 amide bonds. The fraction of sp³-hybridized carbons (Fsp3) is 0.609. The van der Waals surface area contributed by atoms with Gasteiger partial charge in [-0.15, -0.1) is 0 Å². The summed E-state index contributed by atoms with van der Waals surface area (Å²) < 4.78 is 738. The molecule has 0 aliphatic rings. The van der Waals surface area contributed by atoms with Gasteiger partial charge in [-0.3, -0.25) is 4.74 Å². The molecule has 111 heavy (non-hydrogen) atoms. The zero-order valence-corrected chi connectivity index (χ0v) is 50.6. The first-order chi connectivity index (χ1) is 48.4. The molecule has 0 radical (unpaired) electrons. The van der Waals surface area contributed by atoms with Crippen LogP contribution in [0, 0.1) is 10.8 Å². The van der Waals surface area contributed by atoms with Crippen LogP contribution in [0.5, 0.6) is 0 Å². The molecule has 0 aromatic carbocycles. The normalized spacial score (nSPS) is 14.8. The number of hydrogen-bond acceptors (Lipinski definition) is 19. The van der Waals surface area contributed by atoms with E-state index in [0.717, 1.165) is 28.4 Å². The van der Waals surface area contributed by atoms with Gasteiger partial charge in [0, 0.05) is 0 Å². The fourth-order valence-electron chi connectivity index (χ4n) is 6.13. The van der Waals surface area contributed by atoms with E-state index in [0.29, 0.717) is 4.74 Å². The third-order valence-electron chi connectivity index (χ3n) is 11.5. The quantitative estimate of drug-likeness (QED) is 0.0239. The van der Waals surface area contributed by atoms with Crippen molar-refractivity contribution in [1.82, 2.24) is 0 Å². The monoisotopic (exact) mass is 1750 g/mol. The van der Waals surface area contributed by atoms with Gasteiger partial charge in [0.05, 0.1) is 0 Å². The van der Waals surface area contributed by atoms with Crippen molar-refractivity contribution in [3.8, 4) is 0 Å². The van der Waals surface area contributed by atoms with Crippen molar-refractivity contribution in [2.75, 3.05) is 39.6 Å². The fourth-order valence-corrected chi connectivity index (χ4v) is 6.13. The Kier molecular flexibility index (Phi) is 29.9. The van der Waals surface area contributed by atoms with Gasteiger partial charge in [0.1, 0.15) is 0 Å². The van der Waals surface area contributed by atoms with E-state index in [2.05, 4.69) is 28.4 Å². The van der Waals surface area contributed by atoms with Crippen LogP contribution in [-0.2, 0) is 90.3 Å². The Bertz CT molecular complexity index is 2960. The number of halogens is 46. The summed E-state index contributed by atoms with van der Waals surface area (Å²) in [5, 5.41) is 0. The maximum absolute atomic E-state index is 17.4. The zero-order chi connectivity index (χ0) is 89.4. The van der Waals surface area contributed by atoms with E-state index in [-0.39, 0.29) is 0 Å². The first-order valence-electron chi connectivity index (χ1n) is 25.0. The highest BCUT2D eigenvalue weighted by molar-refractivity contribution is 5.87. The summed E-state index contributed by atoms with van der Waals surface area (Å²) in [4.78, 5) is 67.7. The molecule has 19 nitrogen and oxygen atoms in total. The molecule has 0 spiro atoms. The van der Waals surface area contributed by atoms with Gasteiger partial charge in [-0.05, 0) is 0 Å². The number of carbonyl (C=O) groups excluding carboxylic acids is 6. The van der Waals surface area contributed by atoms with E-state index in [1.165, 1.54) is 0 Å². The predicted octanol–water partition coefficient (Wildman–Crippen LogP) is 15.3. The highest BCUT2D eigenvalue weighted by Crippen LogP contribution is 2.75. The Labute approximate surface area is 574 Å². The average Bonchev–Trinajstić information content (AvgIpc) is 0.666. The highest BCUT2D eigenvalue weighted by Gasteiger charge is 3.03. The molecule has 0 saturated carbocycles. The molecule has 0 aliphatic heterocycles. The summed E-state index contributed by atoms with van der Waals surface area (Å²) in [5.41, 5.74) is -23.8. The second-order valence-electron chi connectivity index (χ2n) is 19.6. The largest absolute Gasteiger partial charge is 0.454 e. The maximum Gasteiger partial charge on any atom is 0.427 e.